The molecule has 0 radical (unpaired) electrons. The summed E-state index contributed by atoms with van der Waals surface area (Å²) >= 11 is 0. The fraction of sp³-hybridized carbons (Fsp3) is 1.00. The highest BCUT2D eigenvalue weighted by Crippen LogP contribution is 2.20. The Labute approximate surface area is 59.8 Å². The lowest BCUT2D eigenvalue weighted by molar-refractivity contribution is 0.0577. The number of hydrogen-bond acceptors (Lipinski definition) is 1. The van der Waals surface area contributed by atoms with Gasteiger partial charge in [0.2, 0.25) is 6.43 Å². The van der Waals surface area contributed by atoms with Crippen molar-refractivity contribution in [2.24, 2.45) is 5.92 Å². The number of piperidine rings is 1. The molecule has 3 heteroatoms. The number of alkyl halides is 2. The zero-order valence-corrected chi connectivity index (χ0v) is 6.11. The van der Waals surface area contributed by atoms with E-state index in [1.807, 2.05) is 6.92 Å². The minimum Gasteiger partial charge on any atom is -0.314 e. The molecule has 1 nitrogen and oxygen atoms in total. The van der Waals surface area contributed by atoms with Crippen LogP contribution in [-0.4, -0.2) is 19.0 Å². The number of hydrogen-bond donors (Lipinski definition) is 1. The molecule has 2 atom stereocenters. The highest BCUT2D eigenvalue weighted by atomic mass is 19.3. The van der Waals surface area contributed by atoms with Gasteiger partial charge in [0.25, 0.3) is 0 Å². The van der Waals surface area contributed by atoms with Crippen molar-refractivity contribution in [1.82, 2.24) is 5.32 Å². The first kappa shape index (κ1) is 7.92. The van der Waals surface area contributed by atoms with Crippen LogP contribution in [0.4, 0.5) is 8.78 Å². The predicted molar refractivity (Wildman–Crippen MR) is 36.2 cm³/mol. The smallest absolute Gasteiger partial charge is 0.242 e. The molecule has 60 valence electrons. The molecule has 1 N–H and O–H groups in total. The van der Waals surface area contributed by atoms with Crippen molar-refractivity contribution in [3.63, 3.8) is 0 Å². The van der Waals surface area contributed by atoms with Crippen molar-refractivity contribution < 1.29 is 8.78 Å². The summed E-state index contributed by atoms with van der Waals surface area (Å²) in [7, 11) is 0. The Bertz CT molecular complexity index is 97.8. The van der Waals surface area contributed by atoms with Crippen molar-refractivity contribution in [2.75, 3.05) is 6.54 Å². The zero-order valence-electron chi connectivity index (χ0n) is 6.11. The van der Waals surface area contributed by atoms with Crippen molar-refractivity contribution >= 4 is 0 Å². The molecule has 10 heavy (non-hydrogen) atoms. The molecular weight excluding hydrogens is 136 g/mol. The number of rotatable bonds is 1. The Morgan fingerprint density at radius 1 is 1.40 bits per heavy atom. The van der Waals surface area contributed by atoms with Gasteiger partial charge in [-0.2, -0.15) is 0 Å². The molecule has 1 rings (SSSR count). The van der Waals surface area contributed by atoms with E-state index in [1.54, 1.807) is 0 Å². The van der Waals surface area contributed by atoms with Crippen LogP contribution < -0.4 is 5.32 Å². The minimum atomic E-state index is -2.14. The topological polar surface area (TPSA) is 12.0 Å². The van der Waals surface area contributed by atoms with Crippen LogP contribution in [0, 0.1) is 5.92 Å². The molecule has 1 aliphatic heterocycles. The molecule has 1 saturated heterocycles. The summed E-state index contributed by atoms with van der Waals surface area (Å²) in [5.41, 5.74) is 0. The first-order valence-electron chi connectivity index (χ1n) is 3.71. The highest BCUT2D eigenvalue weighted by Gasteiger charge is 2.24. The van der Waals surface area contributed by atoms with Crippen LogP contribution in [0.2, 0.25) is 0 Å². The normalized spacial score (nSPS) is 34.8. The van der Waals surface area contributed by atoms with Gasteiger partial charge in [-0.15, -0.1) is 0 Å². The molecule has 1 fully saturated rings. The fourth-order valence-corrected chi connectivity index (χ4v) is 1.24. The van der Waals surface area contributed by atoms with E-state index in [-0.39, 0.29) is 0 Å². The van der Waals surface area contributed by atoms with Crippen LogP contribution in [-0.2, 0) is 0 Å². The van der Waals surface area contributed by atoms with E-state index in [0.29, 0.717) is 19.0 Å². The van der Waals surface area contributed by atoms with Crippen LogP contribution in [0.15, 0.2) is 0 Å². The fourth-order valence-electron chi connectivity index (χ4n) is 1.24. The van der Waals surface area contributed by atoms with Crippen molar-refractivity contribution in [3.05, 3.63) is 0 Å². The Hall–Kier alpha value is -0.180. The van der Waals surface area contributed by atoms with Gasteiger partial charge in [0.05, 0.1) is 0 Å². The van der Waals surface area contributed by atoms with Gasteiger partial charge in [-0.3, -0.25) is 0 Å². The number of nitrogens with one attached hydrogen (secondary N) is 1. The average Bonchev–Trinajstić information content (AvgIpc) is 1.88. The largest absolute Gasteiger partial charge is 0.314 e. The van der Waals surface area contributed by atoms with Gasteiger partial charge in [0.15, 0.2) is 0 Å². The molecule has 0 saturated carbocycles. The summed E-state index contributed by atoms with van der Waals surface area (Å²) in [6.45, 7) is 2.51. The molecule has 0 aromatic rings. The Balaban J connectivity index is 2.26. The molecule has 0 unspecified atom stereocenters. The van der Waals surface area contributed by atoms with Gasteiger partial charge < -0.3 is 5.32 Å². The molecule has 1 aliphatic rings. The van der Waals surface area contributed by atoms with Crippen molar-refractivity contribution in [1.29, 1.82) is 0 Å². The highest BCUT2D eigenvalue weighted by molar-refractivity contribution is 4.75. The van der Waals surface area contributed by atoms with Gasteiger partial charge in [-0.25, -0.2) is 8.78 Å². The van der Waals surface area contributed by atoms with Gasteiger partial charge in [-0.05, 0) is 19.8 Å². The number of halogens is 2. The monoisotopic (exact) mass is 149 g/mol. The lowest BCUT2D eigenvalue weighted by Gasteiger charge is -2.26. The molecule has 0 bridgehead atoms. The van der Waals surface area contributed by atoms with Gasteiger partial charge in [0, 0.05) is 18.5 Å². The standard InChI is InChI=1S/C7H13F2N/c1-5-2-3-6(4-10-5)7(8)9/h5-7,10H,2-4H2,1H3/t5-,6-/m1/s1. The molecule has 1 heterocycles. The van der Waals surface area contributed by atoms with Crippen LogP contribution in [0.25, 0.3) is 0 Å². The third-order valence-electron chi connectivity index (χ3n) is 2.06. The summed E-state index contributed by atoms with van der Waals surface area (Å²) < 4.78 is 24.0. The molecule has 0 amide bonds. The molecule has 0 aromatic carbocycles. The van der Waals surface area contributed by atoms with E-state index in [1.165, 1.54) is 0 Å². The molecule has 0 aliphatic carbocycles. The summed E-state index contributed by atoms with van der Waals surface area (Å²) in [6, 6.07) is 0.426. The second-order valence-electron chi connectivity index (χ2n) is 2.98. The molecular formula is C7H13F2N. The summed E-state index contributed by atoms with van der Waals surface area (Å²) in [5.74, 6) is -0.406. The van der Waals surface area contributed by atoms with Crippen LogP contribution in [0.5, 0.6) is 0 Å². The van der Waals surface area contributed by atoms with Crippen molar-refractivity contribution in [3.8, 4) is 0 Å². The summed E-state index contributed by atoms with van der Waals surface area (Å²) in [4.78, 5) is 0. The maximum Gasteiger partial charge on any atom is 0.242 e. The first-order chi connectivity index (χ1) is 4.70. The maximum absolute atomic E-state index is 12.0. The van der Waals surface area contributed by atoms with Gasteiger partial charge in [0.1, 0.15) is 0 Å². The predicted octanol–water partition coefficient (Wildman–Crippen LogP) is 1.64. The van der Waals surface area contributed by atoms with E-state index < -0.39 is 12.3 Å². The minimum absolute atomic E-state index is 0.406. The van der Waals surface area contributed by atoms with E-state index in [0.717, 1.165) is 6.42 Å². The van der Waals surface area contributed by atoms with Crippen LogP contribution >= 0.6 is 0 Å². The van der Waals surface area contributed by atoms with Gasteiger partial charge >= 0.3 is 0 Å². The third kappa shape index (κ3) is 1.90. The summed E-state index contributed by atoms with van der Waals surface area (Å²) in [6.07, 6.45) is -0.583. The lowest BCUT2D eigenvalue weighted by atomic mass is 9.96. The Morgan fingerprint density at radius 2 is 2.10 bits per heavy atom. The zero-order chi connectivity index (χ0) is 7.56. The third-order valence-corrected chi connectivity index (χ3v) is 2.06. The van der Waals surface area contributed by atoms with E-state index in [9.17, 15) is 8.78 Å². The molecule has 0 aromatic heterocycles. The maximum atomic E-state index is 12.0. The SMILES string of the molecule is C[C@@H]1CC[C@@H](C(F)F)CN1. The van der Waals surface area contributed by atoms with Gasteiger partial charge in [-0.1, -0.05) is 0 Å². The lowest BCUT2D eigenvalue weighted by Crippen LogP contribution is -2.39. The second kappa shape index (κ2) is 3.28. The summed E-state index contributed by atoms with van der Waals surface area (Å²) in [5, 5.41) is 3.03. The van der Waals surface area contributed by atoms with Crippen molar-refractivity contribution in [2.45, 2.75) is 32.2 Å². The Kier molecular flexibility index (Phi) is 2.60. The van der Waals surface area contributed by atoms with E-state index in [4.69, 9.17) is 0 Å². The molecule has 0 spiro atoms. The second-order valence-corrected chi connectivity index (χ2v) is 2.98. The van der Waals surface area contributed by atoms with Crippen LogP contribution in [0.1, 0.15) is 19.8 Å². The average molecular weight is 149 g/mol. The van der Waals surface area contributed by atoms with Crippen LogP contribution in [0.3, 0.4) is 0 Å². The quantitative estimate of drug-likeness (QED) is 0.597. The van der Waals surface area contributed by atoms with E-state index in [2.05, 4.69) is 5.32 Å². The Morgan fingerprint density at radius 3 is 2.50 bits per heavy atom. The first-order valence-corrected chi connectivity index (χ1v) is 3.71. The van der Waals surface area contributed by atoms with E-state index >= 15 is 0 Å².